The van der Waals surface area contributed by atoms with Crippen LogP contribution in [-0.4, -0.2) is 26.7 Å². The van der Waals surface area contributed by atoms with E-state index in [2.05, 4.69) is 5.16 Å². The van der Waals surface area contributed by atoms with Gasteiger partial charge in [-0.1, -0.05) is 5.16 Å². The van der Waals surface area contributed by atoms with Crippen molar-refractivity contribution >= 4 is 15.7 Å². The summed E-state index contributed by atoms with van der Waals surface area (Å²) in [6, 6.07) is 3.41. The van der Waals surface area contributed by atoms with Crippen molar-refractivity contribution in [3.63, 3.8) is 0 Å². The van der Waals surface area contributed by atoms with Crippen LogP contribution in [-0.2, 0) is 10.0 Å². The molecular weight excluding hydrogens is 323 g/mol. The molecule has 0 amide bonds. The Morgan fingerprint density at radius 1 is 1.30 bits per heavy atom. The van der Waals surface area contributed by atoms with Crippen molar-refractivity contribution in [2.45, 2.75) is 38.7 Å². The number of nitrogens with zero attached hydrogens (tertiary/aromatic N) is 2. The van der Waals surface area contributed by atoms with E-state index < -0.39 is 15.8 Å². The standard InChI is InChI=1S/C15H19FN2O4S/c1-9(2)21-13-7-6-12(16)8-14(13)23(19,20)18(5)15-10(3)17-22-11(15)4/h6-9H,1-5H3. The highest BCUT2D eigenvalue weighted by molar-refractivity contribution is 7.93. The molecule has 1 heterocycles. The average Bonchev–Trinajstić information content (AvgIpc) is 2.78. The molecule has 0 aliphatic rings. The smallest absolute Gasteiger partial charge is 0.268 e. The number of aryl methyl sites for hydroxylation is 2. The fraction of sp³-hybridized carbons (Fsp3) is 0.400. The van der Waals surface area contributed by atoms with Gasteiger partial charge in [0.2, 0.25) is 0 Å². The van der Waals surface area contributed by atoms with E-state index in [1.165, 1.54) is 13.1 Å². The molecule has 126 valence electrons. The summed E-state index contributed by atoms with van der Waals surface area (Å²) < 4.78 is 50.9. The van der Waals surface area contributed by atoms with Gasteiger partial charge in [-0.3, -0.25) is 4.31 Å². The Labute approximate surface area is 134 Å². The first kappa shape index (κ1) is 17.3. The summed E-state index contributed by atoms with van der Waals surface area (Å²) in [5.74, 6) is -0.205. The number of halogens is 1. The second-order valence-electron chi connectivity index (χ2n) is 5.40. The molecule has 0 fully saturated rings. The summed E-state index contributed by atoms with van der Waals surface area (Å²) >= 11 is 0. The second kappa shape index (κ2) is 6.19. The van der Waals surface area contributed by atoms with Crippen LogP contribution in [0.2, 0.25) is 0 Å². The Kier molecular flexibility index (Phi) is 4.65. The molecule has 6 nitrogen and oxygen atoms in total. The molecule has 2 aromatic rings. The maximum Gasteiger partial charge on any atom is 0.268 e. The van der Waals surface area contributed by atoms with Crippen LogP contribution in [0.25, 0.3) is 0 Å². The zero-order valence-electron chi connectivity index (χ0n) is 13.6. The van der Waals surface area contributed by atoms with Crippen molar-refractivity contribution < 1.29 is 22.1 Å². The predicted octanol–water partition coefficient (Wildman–Crippen LogP) is 3.04. The average molecular weight is 342 g/mol. The summed E-state index contributed by atoms with van der Waals surface area (Å²) in [4.78, 5) is -0.242. The highest BCUT2D eigenvalue weighted by atomic mass is 32.2. The molecule has 2 rings (SSSR count). The molecule has 1 aromatic carbocycles. The SMILES string of the molecule is Cc1noc(C)c1N(C)S(=O)(=O)c1cc(F)ccc1OC(C)C. The topological polar surface area (TPSA) is 72.6 Å². The Balaban J connectivity index is 2.57. The van der Waals surface area contributed by atoms with Gasteiger partial charge in [0.15, 0.2) is 5.76 Å². The van der Waals surface area contributed by atoms with E-state index in [0.29, 0.717) is 17.1 Å². The molecule has 0 atom stereocenters. The molecule has 23 heavy (non-hydrogen) atoms. The van der Waals surface area contributed by atoms with Crippen LogP contribution in [0.3, 0.4) is 0 Å². The van der Waals surface area contributed by atoms with Crippen LogP contribution in [0.1, 0.15) is 25.3 Å². The molecule has 0 unspecified atom stereocenters. The summed E-state index contributed by atoms with van der Waals surface area (Å²) in [5, 5.41) is 3.75. The number of sulfonamides is 1. The summed E-state index contributed by atoms with van der Waals surface area (Å²) in [6.07, 6.45) is -0.251. The van der Waals surface area contributed by atoms with E-state index in [1.807, 2.05) is 0 Å². The largest absolute Gasteiger partial charge is 0.490 e. The van der Waals surface area contributed by atoms with E-state index in [-0.39, 0.29) is 16.7 Å². The minimum Gasteiger partial charge on any atom is -0.490 e. The zero-order valence-corrected chi connectivity index (χ0v) is 14.4. The molecule has 0 aliphatic carbocycles. The van der Waals surface area contributed by atoms with E-state index in [1.54, 1.807) is 27.7 Å². The van der Waals surface area contributed by atoms with Gasteiger partial charge in [0.25, 0.3) is 10.0 Å². The summed E-state index contributed by atoms with van der Waals surface area (Å²) in [5.41, 5.74) is 0.751. The van der Waals surface area contributed by atoms with Gasteiger partial charge in [0, 0.05) is 7.05 Å². The molecule has 0 radical (unpaired) electrons. The van der Waals surface area contributed by atoms with Gasteiger partial charge in [-0.15, -0.1) is 0 Å². The third kappa shape index (κ3) is 3.31. The zero-order chi connectivity index (χ0) is 17.4. The third-order valence-corrected chi connectivity index (χ3v) is 5.00. The first-order chi connectivity index (χ1) is 10.6. The van der Waals surface area contributed by atoms with Crippen LogP contribution in [0.15, 0.2) is 27.6 Å². The molecule has 1 aromatic heterocycles. The number of hydrogen-bond donors (Lipinski definition) is 0. The Bertz CT molecular complexity index is 795. The Hall–Kier alpha value is -2.09. The van der Waals surface area contributed by atoms with E-state index >= 15 is 0 Å². The van der Waals surface area contributed by atoms with Crippen LogP contribution in [0.5, 0.6) is 5.75 Å². The number of rotatable bonds is 5. The minimum absolute atomic E-state index is 0.0972. The molecule has 0 saturated heterocycles. The van der Waals surface area contributed by atoms with E-state index in [0.717, 1.165) is 16.4 Å². The van der Waals surface area contributed by atoms with Gasteiger partial charge in [0.05, 0.1) is 6.10 Å². The fourth-order valence-corrected chi connectivity index (χ4v) is 3.66. The lowest BCUT2D eigenvalue weighted by Crippen LogP contribution is -2.28. The number of ether oxygens (including phenoxy) is 1. The summed E-state index contributed by atoms with van der Waals surface area (Å²) in [6.45, 7) is 6.77. The quantitative estimate of drug-likeness (QED) is 0.835. The normalized spacial score (nSPS) is 11.8. The van der Waals surface area contributed by atoms with Crippen LogP contribution < -0.4 is 9.04 Å². The maximum absolute atomic E-state index is 13.6. The van der Waals surface area contributed by atoms with Crippen molar-refractivity contribution in [1.82, 2.24) is 5.16 Å². The third-order valence-electron chi connectivity index (χ3n) is 3.22. The van der Waals surface area contributed by atoms with Gasteiger partial charge in [-0.2, -0.15) is 0 Å². The minimum atomic E-state index is -4.04. The van der Waals surface area contributed by atoms with E-state index in [9.17, 15) is 12.8 Å². The number of hydrogen-bond acceptors (Lipinski definition) is 5. The number of aromatic nitrogens is 1. The van der Waals surface area contributed by atoms with Crippen LogP contribution in [0.4, 0.5) is 10.1 Å². The van der Waals surface area contributed by atoms with Crippen molar-refractivity contribution in [3.05, 3.63) is 35.5 Å². The molecule has 8 heteroatoms. The second-order valence-corrected chi connectivity index (χ2v) is 7.34. The first-order valence-electron chi connectivity index (χ1n) is 7.02. The molecule has 0 N–H and O–H groups in total. The highest BCUT2D eigenvalue weighted by Crippen LogP contribution is 2.33. The first-order valence-corrected chi connectivity index (χ1v) is 8.46. The van der Waals surface area contributed by atoms with Crippen molar-refractivity contribution in [3.8, 4) is 5.75 Å². The number of benzene rings is 1. The monoisotopic (exact) mass is 342 g/mol. The Morgan fingerprint density at radius 2 is 1.96 bits per heavy atom. The summed E-state index contributed by atoms with van der Waals surface area (Å²) in [7, 11) is -2.67. The van der Waals surface area contributed by atoms with Crippen molar-refractivity contribution in [1.29, 1.82) is 0 Å². The molecular formula is C15H19FN2O4S. The van der Waals surface area contributed by atoms with E-state index in [4.69, 9.17) is 9.26 Å². The van der Waals surface area contributed by atoms with Crippen molar-refractivity contribution in [2.75, 3.05) is 11.4 Å². The molecule has 0 saturated carbocycles. The Morgan fingerprint density at radius 3 is 2.48 bits per heavy atom. The lowest BCUT2D eigenvalue weighted by molar-refractivity contribution is 0.235. The molecule has 0 spiro atoms. The molecule has 0 aliphatic heterocycles. The van der Waals surface area contributed by atoms with Gasteiger partial charge >= 0.3 is 0 Å². The van der Waals surface area contributed by atoms with Crippen LogP contribution >= 0.6 is 0 Å². The molecule has 0 bridgehead atoms. The highest BCUT2D eigenvalue weighted by Gasteiger charge is 2.30. The van der Waals surface area contributed by atoms with Gasteiger partial charge in [0.1, 0.15) is 27.8 Å². The number of anilines is 1. The van der Waals surface area contributed by atoms with Gasteiger partial charge in [-0.25, -0.2) is 12.8 Å². The van der Waals surface area contributed by atoms with Gasteiger partial charge < -0.3 is 9.26 Å². The lowest BCUT2D eigenvalue weighted by atomic mass is 10.3. The lowest BCUT2D eigenvalue weighted by Gasteiger charge is -2.21. The van der Waals surface area contributed by atoms with Crippen molar-refractivity contribution in [2.24, 2.45) is 0 Å². The predicted molar refractivity (Wildman–Crippen MR) is 83.7 cm³/mol. The maximum atomic E-state index is 13.6. The fourth-order valence-electron chi connectivity index (χ4n) is 2.23. The van der Waals surface area contributed by atoms with Gasteiger partial charge in [-0.05, 0) is 45.9 Å². The van der Waals surface area contributed by atoms with Crippen LogP contribution in [0, 0.1) is 19.7 Å².